The van der Waals surface area contributed by atoms with Crippen molar-refractivity contribution in [2.24, 2.45) is 5.41 Å². The molecule has 5 heteroatoms. The van der Waals surface area contributed by atoms with Gasteiger partial charge in [-0.15, -0.1) is 11.6 Å². The van der Waals surface area contributed by atoms with Crippen LogP contribution in [0.5, 0.6) is 0 Å². The number of aliphatic hydroxyl groups excluding tert-OH is 1. The third-order valence-electron chi connectivity index (χ3n) is 4.37. The van der Waals surface area contributed by atoms with Gasteiger partial charge in [0.25, 0.3) is 0 Å². The molecule has 1 aliphatic rings. The predicted octanol–water partition coefficient (Wildman–Crippen LogP) is 5.20. The number of aliphatic hydroxyl groups is 1. The number of aromatic nitrogens is 1. The third-order valence-corrected chi connectivity index (χ3v) is 6.09. The van der Waals surface area contributed by atoms with Crippen molar-refractivity contribution in [1.29, 1.82) is 0 Å². The summed E-state index contributed by atoms with van der Waals surface area (Å²) in [4.78, 5) is 2.59. The van der Waals surface area contributed by atoms with Crippen molar-refractivity contribution < 1.29 is 9.84 Å². The van der Waals surface area contributed by atoms with E-state index in [1.165, 1.54) is 0 Å². The Morgan fingerprint density at radius 1 is 1.20 bits per heavy atom. The molecule has 0 amide bonds. The molecule has 2 aromatic rings. The van der Waals surface area contributed by atoms with Gasteiger partial charge in [-0.05, 0) is 29.2 Å². The Bertz CT molecular complexity index is 724. The van der Waals surface area contributed by atoms with Gasteiger partial charge in [-0.2, -0.15) is 0 Å². The quantitative estimate of drug-likeness (QED) is 0.703. The lowest BCUT2D eigenvalue weighted by molar-refractivity contribution is -0.0565. The third kappa shape index (κ3) is 4.08. The van der Waals surface area contributed by atoms with Crippen molar-refractivity contribution >= 4 is 23.4 Å². The Morgan fingerprint density at radius 2 is 1.92 bits per heavy atom. The molecule has 0 fully saturated rings. The number of aromatic amines is 1. The monoisotopic (exact) mass is 377 g/mol. The van der Waals surface area contributed by atoms with E-state index >= 15 is 0 Å². The van der Waals surface area contributed by atoms with E-state index in [0.29, 0.717) is 5.75 Å². The number of rotatable bonds is 5. The first-order valence-electron chi connectivity index (χ1n) is 8.38. The fraction of sp³-hybridized carbons (Fsp3) is 0.400. The maximum Gasteiger partial charge on any atom is 0.165 e. The molecule has 3 atom stereocenters. The smallest absolute Gasteiger partial charge is 0.165 e. The maximum absolute atomic E-state index is 10.8. The van der Waals surface area contributed by atoms with Gasteiger partial charge in [-0.1, -0.05) is 62.9 Å². The first kappa shape index (κ1) is 18.4. The van der Waals surface area contributed by atoms with Crippen molar-refractivity contribution in [3.63, 3.8) is 0 Å². The van der Waals surface area contributed by atoms with E-state index in [-0.39, 0.29) is 5.41 Å². The number of H-pyrrole nitrogens is 1. The molecule has 0 radical (unpaired) electrons. The second kappa shape index (κ2) is 7.10. The number of nitrogens with one attached hydrogen (secondary N) is 1. The summed E-state index contributed by atoms with van der Waals surface area (Å²) >= 11 is 8.40. The second-order valence-electron chi connectivity index (χ2n) is 7.46. The van der Waals surface area contributed by atoms with Crippen LogP contribution in [-0.2, 0) is 9.61 Å². The highest BCUT2D eigenvalue weighted by Gasteiger charge is 2.38. The van der Waals surface area contributed by atoms with E-state index in [4.69, 9.17) is 16.3 Å². The fourth-order valence-corrected chi connectivity index (χ4v) is 4.31. The topological polar surface area (TPSA) is 45.2 Å². The Balaban J connectivity index is 1.84. The summed E-state index contributed by atoms with van der Waals surface area (Å²) in [5, 5.41) is 11.6. The van der Waals surface area contributed by atoms with Crippen LogP contribution in [0.15, 0.2) is 59.8 Å². The molecule has 1 aromatic heterocycles. The van der Waals surface area contributed by atoms with Crippen molar-refractivity contribution in [3.8, 4) is 0 Å². The van der Waals surface area contributed by atoms with Crippen molar-refractivity contribution in [1.82, 2.24) is 4.98 Å². The van der Waals surface area contributed by atoms with Crippen molar-refractivity contribution in [2.45, 2.75) is 37.9 Å². The molecule has 0 bridgehead atoms. The normalized spacial score (nSPS) is 23.2. The Kier molecular flexibility index (Phi) is 5.24. The zero-order chi connectivity index (χ0) is 18.1. The van der Waals surface area contributed by atoms with Gasteiger partial charge in [0.2, 0.25) is 0 Å². The number of halogens is 1. The van der Waals surface area contributed by atoms with Gasteiger partial charge in [0.15, 0.2) is 11.2 Å². The molecule has 2 N–H and O–H groups in total. The van der Waals surface area contributed by atoms with Crippen LogP contribution in [0.1, 0.15) is 38.1 Å². The first-order chi connectivity index (χ1) is 11.8. The summed E-state index contributed by atoms with van der Waals surface area (Å²) in [5.41, 5.74) is 1.60. The molecule has 3 nitrogen and oxygen atoms in total. The number of benzene rings is 1. The number of hydrogen-bond donors (Lipinski definition) is 2. The molecular weight excluding hydrogens is 354 g/mol. The van der Waals surface area contributed by atoms with Crippen LogP contribution in [-0.4, -0.2) is 21.9 Å². The number of thioether (sulfide) groups is 1. The molecule has 0 saturated heterocycles. The lowest BCUT2D eigenvalue weighted by Crippen LogP contribution is -2.33. The SMILES string of the molecule is CC(C)(C)C(O)C(OC1=CC(Cl)(c2ccccc2)CS1)c1ccc[nH]1. The van der Waals surface area contributed by atoms with Crippen LogP contribution in [0.4, 0.5) is 0 Å². The minimum atomic E-state index is -0.658. The lowest BCUT2D eigenvalue weighted by Gasteiger charge is -2.32. The van der Waals surface area contributed by atoms with E-state index in [0.717, 1.165) is 16.3 Å². The summed E-state index contributed by atoms with van der Waals surface area (Å²) in [7, 11) is 0. The van der Waals surface area contributed by atoms with Crippen molar-refractivity contribution in [3.05, 3.63) is 71.1 Å². The summed E-state index contributed by atoms with van der Waals surface area (Å²) < 4.78 is 6.22. The highest BCUT2D eigenvalue weighted by Crippen LogP contribution is 2.46. The van der Waals surface area contributed by atoms with Gasteiger partial charge in [0.05, 0.1) is 5.69 Å². The Labute approximate surface area is 158 Å². The van der Waals surface area contributed by atoms with Gasteiger partial charge in [-0.3, -0.25) is 0 Å². The molecule has 0 spiro atoms. The average Bonchev–Trinajstić information content (AvgIpc) is 3.23. The molecule has 1 aliphatic heterocycles. The molecule has 1 aromatic carbocycles. The standard InChI is InChI=1S/C20H24ClNO2S/c1-19(2,3)18(23)17(15-10-7-11-22-15)24-16-12-20(21,13-25-16)14-8-5-4-6-9-14/h4-12,17-18,22-23H,13H2,1-3H3. The maximum atomic E-state index is 10.8. The largest absolute Gasteiger partial charge is 0.475 e. The molecular formula is C20H24ClNO2S. The number of alkyl halides is 1. The van der Waals surface area contributed by atoms with E-state index in [1.54, 1.807) is 11.8 Å². The minimum absolute atomic E-state index is 0.308. The Hall–Kier alpha value is -1.36. The van der Waals surface area contributed by atoms with Crippen LogP contribution < -0.4 is 0 Å². The number of hydrogen-bond acceptors (Lipinski definition) is 3. The number of ether oxygens (including phenoxy) is 1. The zero-order valence-electron chi connectivity index (χ0n) is 14.7. The molecule has 0 saturated carbocycles. The average molecular weight is 378 g/mol. The number of allylic oxidation sites excluding steroid dienone is 1. The summed E-state index contributed by atoms with van der Waals surface area (Å²) in [5.74, 6) is 0.705. The van der Waals surface area contributed by atoms with E-state index in [1.807, 2.05) is 75.5 Å². The first-order valence-corrected chi connectivity index (χ1v) is 9.74. The highest BCUT2D eigenvalue weighted by molar-refractivity contribution is 8.03. The van der Waals surface area contributed by atoms with Crippen LogP contribution in [0.25, 0.3) is 0 Å². The molecule has 134 valence electrons. The van der Waals surface area contributed by atoms with Crippen molar-refractivity contribution in [2.75, 3.05) is 5.75 Å². The van der Waals surface area contributed by atoms with Gasteiger partial charge in [0.1, 0.15) is 11.0 Å². The molecule has 25 heavy (non-hydrogen) atoms. The van der Waals surface area contributed by atoms with Gasteiger partial charge < -0.3 is 14.8 Å². The summed E-state index contributed by atoms with van der Waals surface area (Å²) in [6.45, 7) is 6.01. The van der Waals surface area contributed by atoms with Gasteiger partial charge in [0, 0.05) is 11.9 Å². The lowest BCUT2D eigenvalue weighted by atomic mass is 9.85. The molecule has 3 rings (SSSR count). The predicted molar refractivity (Wildman–Crippen MR) is 105 cm³/mol. The molecule has 0 aliphatic carbocycles. The van der Waals surface area contributed by atoms with E-state index < -0.39 is 17.1 Å². The van der Waals surface area contributed by atoms with Gasteiger partial charge >= 0.3 is 0 Å². The second-order valence-corrected chi connectivity index (χ2v) is 9.11. The van der Waals surface area contributed by atoms with E-state index in [9.17, 15) is 5.11 Å². The highest BCUT2D eigenvalue weighted by atomic mass is 35.5. The fourth-order valence-electron chi connectivity index (χ4n) is 2.79. The van der Waals surface area contributed by atoms with E-state index in [2.05, 4.69) is 4.98 Å². The Morgan fingerprint density at radius 3 is 2.52 bits per heavy atom. The van der Waals surface area contributed by atoms with Crippen LogP contribution in [0, 0.1) is 5.41 Å². The minimum Gasteiger partial charge on any atom is -0.475 e. The van der Waals surface area contributed by atoms with Gasteiger partial charge in [-0.25, -0.2) is 0 Å². The van der Waals surface area contributed by atoms with Crippen LogP contribution in [0.3, 0.4) is 0 Å². The molecule has 3 unspecified atom stereocenters. The van der Waals surface area contributed by atoms with Crippen LogP contribution in [0.2, 0.25) is 0 Å². The zero-order valence-corrected chi connectivity index (χ0v) is 16.3. The van der Waals surface area contributed by atoms with Crippen LogP contribution >= 0.6 is 23.4 Å². The molecule has 2 heterocycles. The summed E-state index contributed by atoms with van der Waals surface area (Å²) in [6, 6.07) is 13.9. The summed E-state index contributed by atoms with van der Waals surface area (Å²) in [6.07, 6.45) is 2.67.